The molecule has 1 aromatic carbocycles. The predicted octanol–water partition coefficient (Wildman–Crippen LogP) is 4.12. The second-order valence-electron chi connectivity index (χ2n) is 9.82. The number of carbonyl (C=O) groups excluding carboxylic acids is 1. The van der Waals surface area contributed by atoms with Gasteiger partial charge in [-0.15, -0.1) is 0 Å². The van der Waals surface area contributed by atoms with E-state index in [0.717, 1.165) is 37.6 Å². The molecule has 0 aliphatic carbocycles. The molecular formula is C27H30ClF3N6O3. The first-order valence-electron chi connectivity index (χ1n) is 13.1. The number of nitrogens with zero attached hydrogens (tertiary/aromatic N) is 5. The summed E-state index contributed by atoms with van der Waals surface area (Å²) in [5, 5.41) is 3.81. The molecule has 0 bridgehead atoms. The first-order valence-corrected chi connectivity index (χ1v) is 13.5. The quantitative estimate of drug-likeness (QED) is 0.427. The zero-order chi connectivity index (χ0) is 28.3. The van der Waals surface area contributed by atoms with E-state index in [0.29, 0.717) is 49.4 Å². The molecule has 13 heteroatoms. The Bertz CT molecular complexity index is 1340. The van der Waals surface area contributed by atoms with E-state index in [1.165, 1.54) is 0 Å². The molecule has 2 atom stereocenters. The Labute approximate surface area is 234 Å². The van der Waals surface area contributed by atoms with Crippen LogP contribution in [0.2, 0.25) is 5.02 Å². The van der Waals surface area contributed by atoms with Gasteiger partial charge >= 0.3 is 6.18 Å². The van der Waals surface area contributed by atoms with Gasteiger partial charge in [0.1, 0.15) is 5.82 Å². The Hall–Kier alpha value is -3.06. The molecule has 9 nitrogen and oxygen atoms in total. The highest BCUT2D eigenvalue weighted by Gasteiger charge is 2.35. The molecule has 5 rings (SSSR count). The number of hydrogen-bond donors (Lipinski definition) is 1. The van der Waals surface area contributed by atoms with E-state index in [1.807, 2.05) is 17.0 Å². The van der Waals surface area contributed by atoms with Gasteiger partial charge in [-0.3, -0.25) is 9.69 Å². The molecular weight excluding hydrogens is 549 g/mol. The molecule has 1 N–H and O–H groups in total. The molecule has 0 radical (unpaired) electrons. The first-order chi connectivity index (χ1) is 19.3. The van der Waals surface area contributed by atoms with Gasteiger partial charge in [0.2, 0.25) is 5.82 Å². The van der Waals surface area contributed by atoms with Crippen LogP contribution in [0, 0.1) is 0 Å². The summed E-state index contributed by atoms with van der Waals surface area (Å²) >= 11 is 6.50. The predicted molar refractivity (Wildman–Crippen MR) is 143 cm³/mol. The molecule has 1 unspecified atom stereocenters. The number of fused-ring (bicyclic) bond motifs is 1. The average molecular weight is 579 g/mol. The van der Waals surface area contributed by atoms with Gasteiger partial charge in [0, 0.05) is 56.6 Å². The summed E-state index contributed by atoms with van der Waals surface area (Å²) < 4.78 is 49.8. The number of pyridine rings is 1. The van der Waals surface area contributed by atoms with Crippen molar-refractivity contribution in [3.63, 3.8) is 0 Å². The van der Waals surface area contributed by atoms with Gasteiger partial charge in [0.05, 0.1) is 48.0 Å². The highest BCUT2D eigenvalue weighted by Crippen LogP contribution is 2.31. The molecule has 2 aromatic heterocycles. The number of hydrogen-bond acceptors (Lipinski definition) is 8. The van der Waals surface area contributed by atoms with Gasteiger partial charge < -0.3 is 19.7 Å². The van der Waals surface area contributed by atoms with Crippen molar-refractivity contribution in [3.05, 3.63) is 58.6 Å². The molecule has 0 spiro atoms. The van der Waals surface area contributed by atoms with Crippen LogP contribution in [0.3, 0.4) is 0 Å². The van der Waals surface area contributed by atoms with Crippen molar-refractivity contribution in [1.29, 1.82) is 0 Å². The topological polar surface area (TPSA) is 92.7 Å². The molecule has 2 aliphatic heterocycles. The van der Waals surface area contributed by atoms with Crippen LogP contribution in [0.15, 0.2) is 36.7 Å². The zero-order valence-electron chi connectivity index (χ0n) is 22.0. The molecule has 3 aromatic rings. The van der Waals surface area contributed by atoms with E-state index < -0.39 is 23.9 Å². The van der Waals surface area contributed by atoms with Crippen molar-refractivity contribution in [3.8, 4) is 0 Å². The van der Waals surface area contributed by atoms with Crippen molar-refractivity contribution in [2.24, 2.45) is 0 Å². The van der Waals surface area contributed by atoms with Crippen LogP contribution in [0.1, 0.15) is 40.6 Å². The zero-order valence-corrected chi connectivity index (χ0v) is 22.7. The third kappa shape index (κ3) is 6.14. The molecule has 2 saturated heterocycles. The Morgan fingerprint density at radius 3 is 2.62 bits per heavy atom. The van der Waals surface area contributed by atoms with Gasteiger partial charge in [-0.2, -0.15) is 13.2 Å². The monoisotopic (exact) mass is 578 g/mol. The Morgan fingerprint density at radius 2 is 1.93 bits per heavy atom. The van der Waals surface area contributed by atoms with Crippen molar-refractivity contribution < 1.29 is 27.4 Å². The summed E-state index contributed by atoms with van der Waals surface area (Å²) in [5.74, 6) is -0.803. The van der Waals surface area contributed by atoms with Crippen LogP contribution >= 0.6 is 11.6 Å². The number of aromatic nitrogens is 3. The molecule has 2 fully saturated rings. The van der Waals surface area contributed by atoms with Crippen LogP contribution in [0.25, 0.3) is 10.9 Å². The number of alkyl halides is 3. The summed E-state index contributed by atoms with van der Waals surface area (Å²) in [6, 6.07) is 6.96. The Balaban J connectivity index is 1.38. The Morgan fingerprint density at radius 1 is 1.18 bits per heavy atom. The van der Waals surface area contributed by atoms with Gasteiger partial charge in [0.15, 0.2) is 0 Å². The third-order valence-corrected chi connectivity index (χ3v) is 7.63. The lowest BCUT2D eigenvalue weighted by atomic mass is 10.1. The summed E-state index contributed by atoms with van der Waals surface area (Å²) in [4.78, 5) is 29.6. The van der Waals surface area contributed by atoms with Crippen LogP contribution in [-0.4, -0.2) is 84.9 Å². The van der Waals surface area contributed by atoms with Gasteiger partial charge in [-0.1, -0.05) is 11.6 Å². The number of methoxy groups -OCH3 is 1. The smallest absolute Gasteiger partial charge is 0.383 e. The highest BCUT2D eigenvalue weighted by atomic mass is 35.5. The SMILES string of the molecule is COC[C@@H]1CCCN1c1ccc2c(C(=O)NCC(c3cnc(C(F)(F)F)nc3)N3CCOCC3)c(Cl)ccc2n1. The minimum Gasteiger partial charge on any atom is -0.383 e. The number of carbonyl (C=O) groups is 1. The molecule has 214 valence electrons. The van der Waals surface area contributed by atoms with Gasteiger partial charge in [-0.25, -0.2) is 15.0 Å². The van der Waals surface area contributed by atoms with E-state index in [1.54, 1.807) is 19.2 Å². The van der Waals surface area contributed by atoms with E-state index in [2.05, 4.69) is 20.2 Å². The standard InChI is InChI=1S/C27H30ClF3N6O3/c1-39-16-18-3-2-8-37(18)23-7-4-19-21(35-23)6-5-20(28)24(19)25(38)32-15-22(36-9-11-40-12-10-36)17-13-33-26(34-14-17)27(29,30)31/h4-7,13-14,18,22H,2-3,8-12,15-16H2,1H3,(H,32,38)/t18-,22?/m0/s1. The van der Waals surface area contributed by atoms with E-state index in [9.17, 15) is 18.0 Å². The second kappa shape index (κ2) is 12.2. The minimum atomic E-state index is -4.64. The second-order valence-corrected chi connectivity index (χ2v) is 10.2. The summed E-state index contributed by atoms with van der Waals surface area (Å²) in [7, 11) is 1.69. The number of ether oxygens (including phenoxy) is 2. The molecule has 0 saturated carbocycles. The van der Waals surface area contributed by atoms with Crippen LogP contribution in [-0.2, 0) is 15.7 Å². The summed E-state index contributed by atoms with van der Waals surface area (Å²) in [6.45, 7) is 3.63. The number of halogens is 4. The number of rotatable bonds is 8. The number of nitrogens with one attached hydrogen (secondary N) is 1. The number of morpholine rings is 1. The summed E-state index contributed by atoms with van der Waals surface area (Å²) in [6.07, 6.45) is -0.243. The lowest BCUT2D eigenvalue weighted by Gasteiger charge is -2.34. The maximum Gasteiger partial charge on any atom is 0.451 e. The fourth-order valence-corrected chi connectivity index (χ4v) is 5.59. The molecule has 4 heterocycles. The van der Waals surface area contributed by atoms with Crippen LogP contribution in [0.4, 0.5) is 19.0 Å². The van der Waals surface area contributed by atoms with Gasteiger partial charge in [0.25, 0.3) is 5.91 Å². The number of benzene rings is 1. The lowest BCUT2D eigenvalue weighted by Crippen LogP contribution is -2.44. The molecule has 1 amide bonds. The third-order valence-electron chi connectivity index (χ3n) is 7.32. The van der Waals surface area contributed by atoms with Crippen LogP contribution in [0.5, 0.6) is 0 Å². The maximum atomic E-state index is 13.5. The normalized spacial score (nSPS) is 19.2. The molecule has 2 aliphatic rings. The molecule has 40 heavy (non-hydrogen) atoms. The van der Waals surface area contributed by atoms with Crippen molar-refractivity contribution in [2.45, 2.75) is 31.1 Å². The first kappa shape index (κ1) is 28.5. The Kier molecular flexibility index (Phi) is 8.69. The minimum absolute atomic E-state index is 0.109. The number of anilines is 1. The van der Waals surface area contributed by atoms with Crippen LogP contribution < -0.4 is 10.2 Å². The van der Waals surface area contributed by atoms with E-state index in [-0.39, 0.29) is 23.2 Å². The number of amides is 1. The largest absolute Gasteiger partial charge is 0.451 e. The van der Waals surface area contributed by atoms with Crippen molar-refractivity contribution >= 4 is 34.2 Å². The fraction of sp³-hybridized carbons (Fsp3) is 0.481. The maximum absolute atomic E-state index is 13.5. The average Bonchev–Trinajstić information content (AvgIpc) is 3.41. The van der Waals surface area contributed by atoms with Crippen molar-refractivity contribution in [2.75, 3.05) is 58.0 Å². The lowest BCUT2D eigenvalue weighted by molar-refractivity contribution is -0.145. The van der Waals surface area contributed by atoms with E-state index >= 15 is 0 Å². The van der Waals surface area contributed by atoms with Gasteiger partial charge in [-0.05, 0) is 37.1 Å². The fourth-order valence-electron chi connectivity index (χ4n) is 5.34. The highest BCUT2D eigenvalue weighted by molar-refractivity contribution is 6.35. The van der Waals surface area contributed by atoms with E-state index in [4.69, 9.17) is 26.1 Å². The summed E-state index contributed by atoms with van der Waals surface area (Å²) in [5.41, 5.74) is 1.38. The van der Waals surface area contributed by atoms with Crippen molar-refractivity contribution in [1.82, 2.24) is 25.2 Å².